The molecule has 0 saturated carbocycles. The van der Waals surface area contributed by atoms with Gasteiger partial charge in [0.1, 0.15) is 12.4 Å². The van der Waals surface area contributed by atoms with Gasteiger partial charge in [-0.3, -0.25) is 0 Å². The van der Waals surface area contributed by atoms with E-state index in [1.54, 1.807) is 18.2 Å². The van der Waals surface area contributed by atoms with Crippen LogP contribution in [0, 0.1) is 0 Å². The Labute approximate surface area is 184 Å². The van der Waals surface area contributed by atoms with Crippen LogP contribution < -0.4 is 20.1 Å². The molecule has 0 saturated heterocycles. The summed E-state index contributed by atoms with van der Waals surface area (Å²) in [5.74, 6) is 1.47. The predicted octanol–water partition coefficient (Wildman–Crippen LogP) is 2.35. The maximum absolute atomic E-state index is 11.9. The fourth-order valence-corrected chi connectivity index (χ4v) is 3.10. The summed E-state index contributed by atoms with van der Waals surface area (Å²) in [4.78, 5) is 4.73. The van der Waals surface area contributed by atoms with Gasteiger partial charge in [-0.05, 0) is 43.8 Å². The van der Waals surface area contributed by atoms with E-state index in [1.807, 2.05) is 43.3 Å². The molecule has 3 N–H and O–H groups in total. The Morgan fingerprint density at radius 3 is 2.50 bits per heavy atom. The first kappa shape index (κ1) is 24.2. The minimum Gasteiger partial charge on any atom is -0.492 e. The van der Waals surface area contributed by atoms with Crippen LogP contribution in [0.25, 0.3) is 0 Å². The summed E-state index contributed by atoms with van der Waals surface area (Å²) in [5.41, 5.74) is 0.809. The second-order valence-electron chi connectivity index (χ2n) is 5.64. The molecule has 0 aliphatic rings. The molecule has 28 heavy (non-hydrogen) atoms. The lowest BCUT2D eigenvalue weighted by Gasteiger charge is -2.12. The summed E-state index contributed by atoms with van der Waals surface area (Å²) < 4.78 is 31.8. The van der Waals surface area contributed by atoms with Crippen molar-refractivity contribution < 1.29 is 13.2 Å². The van der Waals surface area contributed by atoms with Gasteiger partial charge in [-0.25, -0.2) is 18.1 Å². The van der Waals surface area contributed by atoms with E-state index in [1.165, 1.54) is 7.05 Å². The molecule has 0 aromatic heterocycles. The van der Waals surface area contributed by atoms with Crippen LogP contribution in [-0.4, -0.2) is 41.1 Å². The molecule has 2 aromatic carbocycles. The molecule has 0 atom stereocenters. The van der Waals surface area contributed by atoms with E-state index in [0.717, 1.165) is 17.9 Å². The number of guanidine groups is 1. The number of sulfonamides is 1. The molecule has 0 heterocycles. The molecule has 0 spiro atoms. The number of aliphatic imine (C=N–C) groups is 1. The van der Waals surface area contributed by atoms with Crippen LogP contribution in [0.4, 0.5) is 0 Å². The molecule has 0 aliphatic heterocycles. The highest BCUT2D eigenvalue weighted by Crippen LogP contribution is 2.12. The molecule has 2 aromatic rings. The van der Waals surface area contributed by atoms with Gasteiger partial charge in [-0.2, -0.15) is 0 Å². The highest BCUT2D eigenvalue weighted by Gasteiger charge is 2.11. The number of para-hydroxylation sites is 1. The van der Waals surface area contributed by atoms with Crippen LogP contribution in [0.5, 0.6) is 5.75 Å². The zero-order chi connectivity index (χ0) is 19.5. The normalized spacial score (nSPS) is 11.4. The lowest BCUT2D eigenvalue weighted by atomic mass is 10.2. The van der Waals surface area contributed by atoms with Gasteiger partial charge in [-0.1, -0.05) is 30.3 Å². The monoisotopic (exact) mass is 518 g/mol. The topological polar surface area (TPSA) is 91.8 Å². The van der Waals surface area contributed by atoms with Gasteiger partial charge < -0.3 is 15.4 Å². The lowest BCUT2D eigenvalue weighted by Crippen LogP contribution is -2.39. The van der Waals surface area contributed by atoms with Gasteiger partial charge in [0.2, 0.25) is 10.0 Å². The molecule has 9 heteroatoms. The molecule has 154 valence electrons. The fraction of sp³-hybridized carbons (Fsp3) is 0.316. The Balaban J connectivity index is 0.00000392. The number of nitrogens with zero attached hydrogens (tertiary/aromatic N) is 1. The van der Waals surface area contributed by atoms with E-state index in [0.29, 0.717) is 25.7 Å². The highest BCUT2D eigenvalue weighted by molar-refractivity contribution is 14.0. The first-order valence-corrected chi connectivity index (χ1v) is 10.3. The maximum Gasteiger partial charge on any atom is 0.240 e. The zero-order valence-corrected chi connectivity index (χ0v) is 19.2. The van der Waals surface area contributed by atoms with E-state index < -0.39 is 10.0 Å². The van der Waals surface area contributed by atoms with E-state index >= 15 is 0 Å². The maximum atomic E-state index is 11.9. The molecule has 0 bridgehead atoms. The number of rotatable bonds is 9. The Hall–Kier alpha value is -1.85. The minimum atomic E-state index is -3.46. The van der Waals surface area contributed by atoms with Crippen molar-refractivity contribution in [3.8, 4) is 5.75 Å². The fourth-order valence-electron chi connectivity index (χ4n) is 2.30. The average molecular weight is 518 g/mol. The van der Waals surface area contributed by atoms with Crippen molar-refractivity contribution in [2.75, 3.05) is 26.7 Å². The SMILES string of the molecule is CCNC(=NCc1cccc(S(=O)(=O)NC)c1)NCCOc1ccccc1.I. The third-order valence-electron chi connectivity index (χ3n) is 3.65. The van der Waals surface area contributed by atoms with Crippen LogP contribution in [0.2, 0.25) is 0 Å². The van der Waals surface area contributed by atoms with Gasteiger partial charge >= 0.3 is 0 Å². The summed E-state index contributed by atoms with van der Waals surface area (Å²) in [6.07, 6.45) is 0. The second-order valence-corrected chi connectivity index (χ2v) is 7.52. The lowest BCUT2D eigenvalue weighted by molar-refractivity contribution is 0.322. The number of benzene rings is 2. The van der Waals surface area contributed by atoms with Gasteiger partial charge in [0.05, 0.1) is 18.0 Å². The Morgan fingerprint density at radius 2 is 1.82 bits per heavy atom. The molecule has 0 amide bonds. The van der Waals surface area contributed by atoms with Gasteiger partial charge in [0.25, 0.3) is 0 Å². The van der Waals surface area contributed by atoms with E-state index in [-0.39, 0.29) is 28.9 Å². The van der Waals surface area contributed by atoms with Crippen LogP contribution in [0.1, 0.15) is 12.5 Å². The van der Waals surface area contributed by atoms with Crippen molar-refractivity contribution in [1.29, 1.82) is 0 Å². The second kappa shape index (κ2) is 12.6. The molecule has 0 radical (unpaired) electrons. The Kier molecular flexibility index (Phi) is 10.9. The summed E-state index contributed by atoms with van der Waals surface area (Å²) in [7, 11) is -2.07. The standard InChI is InChI=1S/C19H26N4O3S.HI/c1-3-21-19(22-12-13-26-17-9-5-4-6-10-17)23-15-16-8-7-11-18(14-16)27(24,25)20-2;/h4-11,14,20H,3,12-13,15H2,1-2H3,(H2,21,22,23);1H. The van der Waals surface area contributed by atoms with Gasteiger partial charge in [-0.15, -0.1) is 24.0 Å². The van der Waals surface area contributed by atoms with Crippen molar-refractivity contribution in [3.05, 3.63) is 60.2 Å². The summed E-state index contributed by atoms with van der Waals surface area (Å²) in [6.45, 7) is 4.17. The molecule has 0 fully saturated rings. The van der Waals surface area contributed by atoms with E-state index in [2.05, 4.69) is 20.3 Å². The van der Waals surface area contributed by atoms with E-state index in [4.69, 9.17) is 4.74 Å². The first-order valence-electron chi connectivity index (χ1n) is 8.77. The summed E-state index contributed by atoms with van der Waals surface area (Å²) in [6, 6.07) is 16.4. The first-order chi connectivity index (χ1) is 13.0. The number of halogens is 1. The molecular formula is C19H27IN4O3S. The van der Waals surface area contributed by atoms with Crippen molar-refractivity contribution in [2.24, 2.45) is 4.99 Å². The van der Waals surface area contributed by atoms with Crippen LogP contribution in [-0.2, 0) is 16.6 Å². The molecule has 0 unspecified atom stereocenters. The summed E-state index contributed by atoms with van der Waals surface area (Å²) >= 11 is 0. The number of hydrogen-bond donors (Lipinski definition) is 3. The van der Waals surface area contributed by atoms with Gasteiger partial charge in [0, 0.05) is 6.54 Å². The van der Waals surface area contributed by atoms with Crippen LogP contribution in [0.15, 0.2) is 64.5 Å². The largest absolute Gasteiger partial charge is 0.492 e. The van der Waals surface area contributed by atoms with Gasteiger partial charge in [0.15, 0.2) is 5.96 Å². The van der Waals surface area contributed by atoms with E-state index in [9.17, 15) is 8.42 Å². The van der Waals surface area contributed by atoms with Crippen molar-refractivity contribution in [1.82, 2.24) is 15.4 Å². The number of hydrogen-bond acceptors (Lipinski definition) is 4. The quantitative estimate of drug-likeness (QED) is 0.205. The number of nitrogens with one attached hydrogen (secondary N) is 3. The number of ether oxygens (including phenoxy) is 1. The van der Waals surface area contributed by atoms with Crippen molar-refractivity contribution in [2.45, 2.75) is 18.4 Å². The Morgan fingerprint density at radius 1 is 1.07 bits per heavy atom. The molecule has 7 nitrogen and oxygen atoms in total. The highest BCUT2D eigenvalue weighted by atomic mass is 127. The smallest absolute Gasteiger partial charge is 0.240 e. The van der Waals surface area contributed by atoms with Crippen LogP contribution in [0.3, 0.4) is 0 Å². The molecular weight excluding hydrogens is 491 g/mol. The van der Waals surface area contributed by atoms with Crippen molar-refractivity contribution >= 4 is 40.0 Å². The third-order valence-corrected chi connectivity index (χ3v) is 5.06. The minimum absolute atomic E-state index is 0. The molecule has 0 aliphatic carbocycles. The predicted molar refractivity (Wildman–Crippen MR) is 123 cm³/mol. The van der Waals surface area contributed by atoms with Crippen LogP contribution >= 0.6 is 24.0 Å². The van der Waals surface area contributed by atoms with Crippen molar-refractivity contribution in [3.63, 3.8) is 0 Å². The molecule has 2 rings (SSSR count). The third kappa shape index (κ3) is 8.03. The zero-order valence-electron chi connectivity index (χ0n) is 16.0. The summed E-state index contributed by atoms with van der Waals surface area (Å²) in [5, 5.41) is 6.36. The Bertz CT molecular complexity index is 845. The average Bonchev–Trinajstić information content (AvgIpc) is 2.70.